The smallest absolute Gasteiger partial charge is 0.217 e. The van der Waals surface area contributed by atoms with Gasteiger partial charge in [-0.3, -0.25) is 9.59 Å². The molecule has 1 unspecified atom stereocenters. The van der Waals surface area contributed by atoms with Gasteiger partial charge in [0.05, 0.1) is 19.3 Å². The Kier molecular flexibility index (Phi) is 8.46. The van der Waals surface area contributed by atoms with Crippen molar-refractivity contribution < 1.29 is 55.2 Å². The first-order valence-electron chi connectivity index (χ1n) is 7.83. The van der Waals surface area contributed by atoms with Gasteiger partial charge in [-0.25, -0.2) is 0 Å². The number of carbonyl (C=O) groups excluding carboxylic acids is 2. The molecule has 26 heavy (non-hydrogen) atoms. The second-order valence-electron chi connectivity index (χ2n) is 6.06. The Hall–Kier alpha value is -1.22. The second kappa shape index (κ2) is 9.64. The van der Waals surface area contributed by atoms with E-state index in [2.05, 4.69) is 5.32 Å². The highest BCUT2D eigenvalue weighted by atomic mass is 16.5. The summed E-state index contributed by atoms with van der Waals surface area (Å²) in [6.45, 7) is -0.685. The Morgan fingerprint density at radius 1 is 1.04 bits per heavy atom. The minimum atomic E-state index is -2.32. The van der Waals surface area contributed by atoms with Gasteiger partial charge in [-0.05, 0) is 0 Å². The number of ketones is 1. The lowest BCUT2D eigenvalue weighted by atomic mass is 9.87. The molecule has 9 N–H and O–H groups in total. The van der Waals surface area contributed by atoms with Crippen LogP contribution in [0.1, 0.15) is 6.92 Å². The molecule has 0 radical (unpaired) electrons. The zero-order valence-electron chi connectivity index (χ0n) is 13.9. The second-order valence-corrected chi connectivity index (χ2v) is 6.06. The molecule has 1 aliphatic rings. The summed E-state index contributed by atoms with van der Waals surface area (Å²) < 4.78 is 5.14. The molecule has 0 aromatic heterocycles. The predicted octanol–water partition coefficient (Wildman–Crippen LogP) is -6.02. The van der Waals surface area contributed by atoms with Crippen molar-refractivity contribution in [2.45, 2.75) is 61.8 Å². The fraction of sp³-hybridized carbons (Fsp3) is 0.857. The molecular formula is C14H25NO11. The highest BCUT2D eigenvalue weighted by molar-refractivity contribution is 5.89. The number of Topliss-reactive ketones (excluding diaryl/α,β-unsaturated/α-hetero) is 1. The van der Waals surface area contributed by atoms with Crippen LogP contribution in [-0.2, 0) is 14.3 Å². The number of amides is 1. The minimum absolute atomic E-state index is 0.698. The van der Waals surface area contributed by atoms with Crippen LogP contribution in [0.3, 0.4) is 0 Å². The van der Waals surface area contributed by atoms with E-state index in [1.165, 1.54) is 0 Å². The van der Waals surface area contributed by atoms with E-state index in [-0.39, 0.29) is 0 Å². The van der Waals surface area contributed by atoms with Gasteiger partial charge in [-0.1, -0.05) is 0 Å². The quantitative estimate of drug-likeness (QED) is 0.192. The van der Waals surface area contributed by atoms with Gasteiger partial charge in [-0.2, -0.15) is 0 Å². The van der Waals surface area contributed by atoms with Crippen LogP contribution in [0.2, 0.25) is 0 Å². The Labute approximate surface area is 148 Å². The maximum atomic E-state index is 12.4. The maximum absolute atomic E-state index is 12.4. The van der Waals surface area contributed by atoms with Gasteiger partial charge >= 0.3 is 0 Å². The number of ether oxygens (including phenoxy) is 1. The van der Waals surface area contributed by atoms with Crippen molar-refractivity contribution in [1.82, 2.24) is 5.32 Å². The lowest BCUT2D eigenvalue weighted by molar-refractivity contribution is -0.204. The van der Waals surface area contributed by atoms with Crippen LogP contribution in [0.25, 0.3) is 0 Å². The molecule has 0 aromatic carbocycles. The lowest BCUT2D eigenvalue weighted by Crippen LogP contribution is -2.67. The number of hydrogen-bond acceptors (Lipinski definition) is 11. The Morgan fingerprint density at radius 3 is 2.08 bits per heavy atom. The van der Waals surface area contributed by atoms with Crippen molar-refractivity contribution in [3.05, 3.63) is 0 Å². The molecule has 1 fully saturated rings. The molecule has 0 bridgehead atoms. The Bertz CT molecular complexity index is 490. The van der Waals surface area contributed by atoms with Gasteiger partial charge in [0.25, 0.3) is 0 Å². The van der Waals surface area contributed by atoms with E-state index >= 15 is 0 Å². The fourth-order valence-corrected chi connectivity index (χ4v) is 2.61. The molecule has 1 aliphatic heterocycles. The van der Waals surface area contributed by atoms with Gasteiger partial charge in [-0.15, -0.1) is 0 Å². The minimum Gasteiger partial charge on any atom is -0.394 e. The summed E-state index contributed by atoms with van der Waals surface area (Å²) in [5.74, 6) is -1.99. The summed E-state index contributed by atoms with van der Waals surface area (Å²) in [5.41, 5.74) is 0. The molecular weight excluding hydrogens is 358 g/mol. The summed E-state index contributed by atoms with van der Waals surface area (Å²) in [6.07, 6.45) is -15.0. The van der Waals surface area contributed by atoms with E-state index in [4.69, 9.17) is 9.84 Å². The fourth-order valence-electron chi connectivity index (χ4n) is 2.61. The van der Waals surface area contributed by atoms with Crippen LogP contribution >= 0.6 is 0 Å². The highest BCUT2D eigenvalue weighted by Gasteiger charge is 2.50. The Balaban J connectivity index is 3.04. The highest BCUT2D eigenvalue weighted by Crippen LogP contribution is 2.24. The van der Waals surface area contributed by atoms with Crippen molar-refractivity contribution >= 4 is 11.7 Å². The molecule has 0 spiro atoms. The van der Waals surface area contributed by atoms with Crippen LogP contribution in [0.5, 0.6) is 0 Å². The van der Waals surface area contributed by atoms with Crippen LogP contribution < -0.4 is 5.32 Å². The average Bonchev–Trinajstić information content (AvgIpc) is 2.62. The van der Waals surface area contributed by atoms with Crippen molar-refractivity contribution in [1.29, 1.82) is 0 Å². The maximum Gasteiger partial charge on any atom is 0.217 e. The molecule has 152 valence electrons. The van der Waals surface area contributed by atoms with E-state index in [0.29, 0.717) is 0 Å². The summed E-state index contributed by atoms with van der Waals surface area (Å²) in [4.78, 5) is 23.7. The van der Waals surface area contributed by atoms with Crippen molar-refractivity contribution in [2.75, 3.05) is 13.2 Å². The van der Waals surface area contributed by atoms with E-state index in [1.807, 2.05) is 0 Å². The van der Waals surface area contributed by atoms with Gasteiger partial charge in [0.2, 0.25) is 5.91 Å². The van der Waals surface area contributed by atoms with Gasteiger partial charge in [0.1, 0.15) is 48.8 Å². The van der Waals surface area contributed by atoms with E-state index < -0.39 is 79.8 Å². The molecule has 0 saturated carbocycles. The van der Waals surface area contributed by atoms with Crippen molar-refractivity contribution in [3.63, 3.8) is 0 Å². The van der Waals surface area contributed by atoms with E-state index in [9.17, 15) is 45.3 Å². The number of carbonyl (C=O) groups is 2. The predicted molar refractivity (Wildman–Crippen MR) is 81.5 cm³/mol. The monoisotopic (exact) mass is 383 g/mol. The molecule has 12 heteroatoms. The largest absolute Gasteiger partial charge is 0.394 e. The summed E-state index contributed by atoms with van der Waals surface area (Å²) in [6, 6.07) is -1.51. The van der Waals surface area contributed by atoms with Gasteiger partial charge < -0.3 is 50.9 Å². The molecule has 1 rings (SSSR count). The molecule has 0 aromatic rings. The zero-order chi connectivity index (χ0) is 20.2. The first-order chi connectivity index (χ1) is 12.1. The lowest BCUT2D eigenvalue weighted by Gasteiger charge is -2.42. The third-order valence-electron chi connectivity index (χ3n) is 4.12. The third-order valence-corrected chi connectivity index (χ3v) is 4.12. The first kappa shape index (κ1) is 22.8. The van der Waals surface area contributed by atoms with Gasteiger partial charge in [0, 0.05) is 6.92 Å². The summed E-state index contributed by atoms with van der Waals surface area (Å²) in [5, 5.41) is 78.7. The summed E-state index contributed by atoms with van der Waals surface area (Å²) in [7, 11) is 0. The average molecular weight is 383 g/mol. The van der Waals surface area contributed by atoms with E-state index in [0.717, 1.165) is 6.92 Å². The first-order valence-corrected chi connectivity index (χ1v) is 7.83. The normalized spacial score (nSPS) is 33.8. The molecule has 12 nitrogen and oxygen atoms in total. The molecule has 9 atom stereocenters. The summed E-state index contributed by atoms with van der Waals surface area (Å²) >= 11 is 0. The molecule has 1 saturated heterocycles. The van der Waals surface area contributed by atoms with Crippen molar-refractivity contribution in [2.24, 2.45) is 0 Å². The zero-order valence-corrected chi connectivity index (χ0v) is 13.9. The van der Waals surface area contributed by atoms with Crippen LogP contribution in [0.15, 0.2) is 0 Å². The Morgan fingerprint density at radius 2 is 1.62 bits per heavy atom. The van der Waals surface area contributed by atoms with Crippen LogP contribution in [-0.4, -0.2) is 121 Å². The molecule has 1 heterocycles. The van der Waals surface area contributed by atoms with E-state index in [1.54, 1.807) is 0 Å². The molecule has 1 amide bonds. The number of rotatable bonds is 8. The standard InChI is InChI=1S/C14H25NO11/c1-4(18)15-7-10(22)9(21)6(3-17)26-14(7)13(25)12(24)11(23)8(20)5(19)2-16/h5-12,14,16-17,19-24H,2-3H2,1H3,(H,15,18)/t5-,6-,7-,8+,9-,10-,11+,12-,14?/m1/s1. The number of nitrogens with one attached hydrogen (secondary N) is 1. The topological polar surface area (TPSA) is 217 Å². The SMILES string of the molecule is CC(=O)N[C@H]1C(C(=O)[C@H](O)[C@@H](O)[C@@H](O)[C@H](O)CO)O[C@H](CO)[C@@H](O)[C@@H]1O. The molecule has 0 aliphatic carbocycles. The number of hydrogen-bond donors (Lipinski definition) is 9. The number of aliphatic hydroxyl groups is 8. The van der Waals surface area contributed by atoms with Crippen molar-refractivity contribution in [3.8, 4) is 0 Å². The number of aliphatic hydroxyl groups excluding tert-OH is 8. The van der Waals surface area contributed by atoms with Crippen LogP contribution in [0.4, 0.5) is 0 Å². The van der Waals surface area contributed by atoms with Gasteiger partial charge in [0.15, 0.2) is 5.78 Å². The third kappa shape index (κ3) is 4.94. The van der Waals surface area contributed by atoms with Crippen LogP contribution in [0, 0.1) is 0 Å².